The Bertz CT molecular complexity index is 995. The Morgan fingerprint density at radius 1 is 1.32 bits per heavy atom. The molecule has 1 aromatic heterocycles. The predicted molar refractivity (Wildman–Crippen MR) is 94.1 cm³/mol. The summed E-state index contributed by atoms with van der Waals surface area (Å²) in [6, 6.07) is 5.55. The van der Waals surface area contributed by atoms with Crippen LogP contribution in [0.4, 0.5) is 5.69 Å². The van der Waals surface area contributed by atoms with Gasteiger partial charge in [0.25, 0.3) is 0 Å². The maximum atomic E-state index is 12.3. The van der Waals surface area contributed by atoms with Crippen LogP contribution in [0.5, 0.6) is 0 Å². The Labute approximate surface area is 146 Å². The number of aliphatic hydroxyl groups excluding tert-OH is 1. The quantitative estimate of drug-likeness (QED) is 0.854. The maximum absolute atomic E-state index is 12.3. The van der Waals surface area contributed by atoms with E-state index in [1.165, 1.54) is 6.20 Å². The minimum Gasteiger partial charge on any atom is -0.393 e. The molecule has 4 rings (SSSR count). The van der Waals surface area contributed by atoms with E-state index in [9.17, 15) is 18.8 Å². The molecule has 2 atom stereocenters. The number of fused-ring (bicyclic) bond motifs is 3. The molecule has 0 bridgehead atoms. The minimum atomic E-state index is -3.25. The summed E-state index contributed by atoms with van der Waals surface area (Å²) >= 11 is 0. The number of nitrogens with one attached hydrogen (secondary N) is 1. The summed E-state index contributed by atoms with van der Waals surface area (Å²) < 4.78 is 24.5. The smallest absolute Gasteiger partial charge is 0.179 e. The third-order valence-corrected chi connectivity index (χ3v) is 6.97. The van der Waals surface area contributed by atoms with E-state index in [4.69, 9.17) is 0 Å². The van der Waals surface area contributed by atoms with Crippen LogP contribution >= 0.6 is 0 Å². The van der Waals surface area contributed by atoms with Gasteiger partial charge in [-0.25, -0.2) is 8.42 Å². The molecule has 2 aliphatic rings. The largest absolute Gasteiger partial charge is 0.393 e. The summed E-state index contributed by atoms with van der Waals surface area (Å²) in [6.07, 6.45) is 4.90. The van der Waals surface area contributed by atoms with Gasteiger partial charge in [0.15, 0.2) is 9.84 Å². The van der Waals surface area contributed by atoms with Crippen molar-refractivity contribution < 1.29 is 13.5 Å². The first kappa shape index (κ1) is 16.3. The van der Waals surface area contributed by atoms with Gasteiger partial charge in [0.2, 0.25) is 0 Å². The molecule has 25 heavy (non-hydrogen) atoms. The number of pyridine rings is 1. The van der Waals surface area contributed by atoms with Crippen molar-refractivity contribution in [2.75, 3.05) is 11.1 Å². The molecule has 0 spiro atoms. The number of aromatic nitrogens is 1. The number of nitrogens with zero attached hydrogens (tertiary/aromatic N) is 2. The topological polar surface area (TPSA) is 103 Å². The van der Waals surface area contributed by atoms with Crippen molar-refractivity contribution in [3.05, 3.63) is 29.5 Å². The molecule has 130 valence electrons. The third kappa shape index (κ3) is 2.75. The lowest BCUT2D eigenvalue weighted by atomic mass is 9.92. The number of benzene rings is 1. The SMILES string of the molecule is N#Cc1cnc2ccc3c(c2c1NC1CCCC(O)C1)CCS3(=O)=O. The molecular weight excluding hydrogens is 338 g/mol. The Hall–Kier alpha value is -2.17. The van der Waals surface area contributed by atoms with Crippen LogP contribution in [0, 0.1) is 11.3 Å². The van der Waals surface area contributed by atoms with Crippen molar-refractivity contribution in [2.45, 2.75) is 49.1 Å². The second kappa shape index (κ2) is 5.97. The Morgan fingerprint density at radius 3 is 2.92 bits per heavy atom. The van der Waals surface area contributed by atoms with Crippen LogP contribution < -0.4 is 5.32 Å². The van der Waals surface area contributed by atoms with E-state index in [-0.39, 0.29) is 17.9 Å². The predicted octanol–water partition coefficient (Wildman–Crippen LogP) is 2.15. The number of rotatable bonds is 2. The van der Waals surface area contributed by atoms with Gasteiger partial charge in [0.05, 0.1) is 33.5 Å². The van der Waals surface area contributed by atoms with E-state index in [1.54, 1.807) is 12.1 Å². The van der Waals surface area contributed by atoms with Gasteiger partial charge < -0.3 is 10.4 Å². The van der Waals surface area contributed by atoms with Gasteiger partial charge in [-0.05, 0) is 49.8 Å². The van der Waals surface area contributed by atoms with Gasteiger partial charge in [-0.15, -0.1) is 0 Å². The average molecular weight is 357 g/mol. The van der Waals surface area contributed by atoms with Gasteiger partial charge in [0, 0.05) is 17.6 Å². The molecule has 2 aromatic rings. The molecule has 1 aromatic carbocycles. The second-order valence-electron chi connectivity index (χ2n) is 6.83. The number of nitriles is 1. The molecule has 6 nitrogen and oxygen atoms in total. The van der Waals surface area contributed by atoms with E-state index in [0.717, 1.165) is 30.2 Å². The Balaban J connectivity index is 1.89. The number of aliphatic hydroxyl groups is 1. The summed E-state index contributed by atoms with van der Waals surface area (Å²) in [6.45, 7) is 0. The van der Waals surface area contributed by atoms with Crippen LogP contribution in [0.3, 0.4) is 0 Å². The Kier molecular flexibility index (Phi) is 3.89. The van der Waals surface area contributed by atoms with Crippen molar-refractivity contribution >= 4 is 26.4 Å². The maximum Gasteiger partial charge on any atom is 0.179 e. The van der Waals surface area contributed by atoms with Crippen molar-refractivity contribution in [2.24, 2.45) is 0 Å². The highest BCUT2D eigenvalue weighted by Gasteiger charge is 2.30. The van der Waals surface area contributed by atoms with Gasteiger partial charge in [0.1, 0.15) is 6.07 Å². The fraction of sp³-hybridized carbons (Fsp3) is 0.444. The third-order valence-electron chi connectivity index (χ3n) is 5.17. The summed E-state index contributed by atoms with van der Waals surface area (Å²) in [4.78, 5) is 4.69. The number of anilines is 1. The fourth-order valence-electron chi connectivity index (χ4n) is 3.96. The highest BCUT2D eigenvalue weighted by Crippen LogP contribution is 2.38. The highest BCUT2D eigenvalue weighted by molar-refractivity contribution is 7.91. The Morgan fingerprint density at radius 2 is 2.16 bits per heavy atom. The molecule has 2 heterocycles. The van der Waals surface area contributed by atoms with Crippen LogP contribution in [0.15, 0.2) is 23.2 Å². The number of sulfone groups is 1. The zero-order valence-corrected chi connectivity index (χ0v) is 14.5. The van der Waals surface area contributed by atoms with Crippen molar-refractivity contribution in [3.63, 3.8) is 0 Å². The van der Waals surface area contributed by atoms with Crippen LogP contribution in [0.25, 0.3) is 10.9 Å². The molecule has 1 aliphatic carbocycles. The van der Waals surface area contributed by atoms with Crippen LogP contribution in [0.1, 0.15) is 36.8 Å². The first-order valence-electron chi connectivity index (χ1n) is 8.51. The lowest BCUT2D eigenvalue weighted by Gasteiger charge is -2.28. The molecule has 0 radical (unpaired) electrons. The molecule has 2 N–H and O–H groups in total. The van der Waals surface area contributed by atoms with Crippen LogP contribution in [0.2, 0.25) is 0 Å². The fourth-order valence-corrected chi connectivity index (χ4v) is 5.50. The zero-order valence-electron chi connectivity index (χ0n) is 13.7. The lowest BCUT2D eigenvalue weighted by Crippen LogP contribution is -2.30. The summed E-state index contributed by atoms with van der Waals surface area (Å²) in [7, 11) is -3.25. The molecule has 1 aliphatic heterocycles. The minimum absolute atomic E-state index is 0.0651. The summed E-state index contributed by atoms with van der Waals surface area (Å²) in [5.41, 5.74) is 2.50. The number of hydrogen-bond acceptors (Lipinski definition) is 6. The van der Waals surface area contributed by atoms with Crippen LogP contribution in [-0.4, -0.2) is 36.4 Å². The second-order valence-corrected chi connectivity index (χ2v) is 8.90. The van der Waals surface area contributed by atoms with Crippen molar-refractivity contribution in [3.8, 4) is 6.07 Å². The van der Waals surface area contributed by atoms with E-state index >= 15 is 0 Å². The molecule has 0 amide bonds. The molecule has 1 fully saturated rings. The highest BCUT2D eigenvalue weighted by atomic mass is 32.2. The monoisotopic (exact) mass is 357 g/mol. The van der Waals surface area contributed by atoms with Gasteiger partial charge in [-0.1, -0.05) is 0 Å². The van der Waals surface area contributed by atoms with E-state index < -0.39 is 9.84 Å². The zero-order chi connectivity index (χ0) is 17.6. The van der Waals surface area contributed by atoms with Gasteiger partial charge >= 0.3 is 0 Å². The van der Waals surface area contributed by atoms with E-state index in [2.05, 4.69) is 16.4 Å². The standard InChI is InChI=1S/C18H19N3O3S/c19-9-11-10-20-15-4-5-16-14(6-7-25(16,23)24)17(15)18(11)21-12-2-1-3-13(22)8-12/h4-5,10,12-13,22H,1-3,6-8H2,(H,20,21). The number of aryl methyl sites for hydroxylation is 1. The van der Waals surface area contributed by atoms with Gasteiger partial charge in [-0.2, -0.15) is 5.26 Å². The summed E-state index contributed by atoms with van der Waals surface area (Å²) in [5, 5.41) is 23.6. The molecule has 7 heteroatoms. The molecular formula is C18H19N3O3S. The summed E-state index contributed by atoms with van der Waals surface area (Å²) in [5.74, 6) is 0.0970. The molecule has 1 saturated carbocycles. The lowest BCUT2D eigenvalue weighted by molar-refractivity contribution is 0.124. The van der Waals surface area contributed by atoms with E-state index in [1.807, 2.05) is 0 Å². The first-order chi connectivity index (χ1) is 12.0. The molecule has 2 unspecified atom stereocenters. The van der Waals surface area contributed by atoms with Gasteiger partial charge in [-0.3, -0.25) is 4.98 Å². The average Bonchev–Trinajstić information content (AvgIpc) is 2.90. The van der Waals surface area contributed by atoms with E-state index in [0.29, 0.717) is 34.5 Å². The van der Waals surface area contributed by atoms with Crippen molar-refractivity contribution in [1.82, 2.24) is 4.98 Å². The van der Waals surface area contributed by atoms with Crippen LogP contribution in [-0.2, 0) is 16.3 Å². The van der Waals surface area contributed by atoms with Crippen molar-refractivity contribution in [1.29, 1.82) is 5.26 Å². The number of hydrogen-bond donors (Lipinski definition) is 2. The molecule has 0 saturated heterocycles. The normalized spacial score (nSPS) is 24.6. The first-order valence-corrected chi connectivity index (χ1v) is 10.2.